The zero-order valence-corrected chi connectivity index (χ0v) is 9.15. The van der Waals surface area contributed by atoms with Crippen molar-refractivity contribution in [3.63, 3.8) is 0 Å². The topological polar surface area (TPSA) is 55.0 Å². The van der Waals surface area contributed by atoms with Gasteiger partial charge in [0, 0.05) is 11.6 Å². The molecule has 1 N–H and O–H groups in total. The van der Waals surface area contributed by atoms with E-state index in [9.17, 15) is 4.79 Å². The van der Waals surface area contributed by atoms with Crippen molar-refractivity contribution >= 4 is 0 Å². The Kier molecular flexibility index (Phi) is 2.72. The summed E-state index contributed by atoms with van der Waals surface area (Å²) < 4.78 is 5.18. The fraction of sp³-hybridized carbons (Fsp3) is 0.167. The van der Waals surface area contributed by atoms with Crippen molar-refractivity contribution in [2.24, 2.45) is 0 Å². The number of aromatic amines is 1. The fourth-order valence-corrected chi connectivity index (χ4v) is 1.52. The molecule has 0 saturated heterocycles. The molecule has 1 heterocycles. The van der Waals surface area contributed by atoms with Crippen LogP contribution in [0.15, 0.2) is 35.1 Å². The first kappa shape index (κ1) is 10.4. The van der Waals surface area contributed by atoms with Crippen LogP contribution in [0.2, 0.25) is 0 Å². The third kappa shape index (κ3) is 2.11. The first-order valence-corrected chi connectivity index (χ1v) is 4.91. The molecular formula is C12H12N2O2. The highest BCUT2D eigenvalue weighted by Gasteiger charge is 2.02. The van der Waals surface area contributed by atoms with Crippen LogP contribution in [-0.2, 0) is 0 Å². The summed E-state index contributed by atoms with van der Waals surface area (Å²) in [4.78, 5) is 10.9. The van der Waals surface area contributed by atoms with Crippen molar-refractivity contribution in [3.05, 3.63) is 46.2 Å². The van der Waals surface area contributed by atoms with Crippen molar-refractivity contribution in [1.82, 2.24) is 10.2 Å². The van der Waals surface area contributed by atoms with Crippen LogP contribution >= 0.6 is 0 Å². The zero-order valence-electron chi connectivity index (χ0n) is 9.15. The van der Waals surface area contributed by atoms with Gasteiger partial charge < -0.3 is 4.74 Å². The second kappa shape index (κ2) is 4.18. The summed E-state index contributed by atoms with van der Waals surface area (Å²) in [6, 6.07) is 8.95. The lowest BCUT2D eigenvalue weighted by Crippen LogP contribution is -2.05. The van der Waals surface area contributed by atoms with Crippen LogP contribution in [0.5, 0.6) is 5.75 Å². The number of methoxy groups -OCH3 is 1. The Labute approximate surface area is 92.9 Å². The minimum Gasteiger partial charge on any atom is -0.497 e. The smallest absolute Gasteiger partial charge is 0.264 e. The molecule has 1 aromatic heterocycles. The largest absolute Gasteiger partial charge is 0.497 e. The van der Waals surface area contributed by atoms with E-state index in [2.05, 4.69) is 10.2 Å². The summed E-state index contributed by atoms with van der Waals surface area (Å²) in [5.41, 5.74) is 2.53. The zero-order chi connectivity index (χ0) is 11.5. The Bertz CT molecular complexity index is 541. The summed E-state index contributed by atoms with van der Waals surface area (Å²) in [5.74, 6) is 0.781. The summed E-state index contributed by atoms with van der Waals surface area (Å²) in [6.07, 6.45) is 0. The van der Waals surface area contributed by atoms with E-state index >= 15 is 0 Å². The monoisotopic (exact) mass is 216 g/mol. The number of hydrogen-bond acceptors (Lipinski definition) is 3. The Balaban J connectivity index is 2.51. The Hall–Kier alpha value is -2.10. The van der Waals surface area contributed by atoms with Crippen molar-refractivity contribution in [2.45, 2.75) is 6.92 Å². The minimum absolute atomic E-state index is 0.205. The number of benzene rings is 1. The van der Waals surface area contributed by atoms with Crippen molar-refractivity contribution in [2.75, 3.05) is 7.11 Å². The Morgan fingerprint density at radius 1 is 1.25 bits per heavy atom. The van der Waals surface area contributed by atoms with Crippen LogP contribution in [0.4, 0.5) is 0 Å². The van der Waals surface area contributed by atoms with Gasteiger partial charge in [-0.25, -0.2) is 5.10 Å². The second-order valence-corrected chi connectivity index (χ2v) is 3.55. The average Bonchev–Trinajstić information content (AvgIpc) is 2.29. The number of aromatic nitrogens is 2. The van der Waals surface area contributed by atoms with Crippen LogP contribution in [-0.4, -0.2) is 17.3 Å². The predicted molar refractivity (Wildman–Crippen MR) is 61.6 cm³/mol. The van der Waals surface area contributed by atoms with Crippen LogP contribution < -0.4 is 10.3 Å². The molecule has 0 aliphatic carbocycles. The standard InChI is InChI=1S/C12H12N2O2/c1-8-5-9(7-10(6-8)16-2)11-3-4-12(15)14-13-11/h3-7H,1-2H3,(H,14,15). The van der Waals surface area contributed by atoms with Crippen molar-refractivity contribution in [3.8, 4) is 17.0 Å². The first-order valence-electron chi connectivity index (χ1n) is 4.91. The molecule has 0 saturated carbocycles. The number of H-pyrrole nitrogens is 1. The SMILES string of the molecule is COc1cc(C)cc(-c2ccc(=O)[nH]n2)c1. The number of rotatable bonds is 2. The van der Waals surface area contributed by atoms with Gasteiger partial charge in [-0.2, -0.15) is 5.10 Å². The predicted octanol–water partition coefficient (Wildman–Crippen LogP) is 1.75. The van der Waals surface area contributed by atoms with Gasteiger partial charge in [-0.15, -0.1) is 0 Å². The van der Waals surface area contributed by atoms with Crippen LogP contribution in [0.25, 0.3) is 11.3 Å². The molecule has 1 aromatic carbocycles. The molecule has 2 aromatic rings. The molecule has 4 heteroatoms. The van der Waals surface area contributed by atoms with E-state index in [-0.39, 0.29) is 5.56 Å². The maximum atomic E-state index is 10.9. The Morgan fingerprint density at radius 2 is 2.06 bits per heavy atom. The molecule has 0 bridgehead atoms. The van der Waals surface area contributed by atoms with E-state index in [1.165, 1.54) is 6.07 Å². The molecule has 0 unspecified atom stereocenters. The van der Waals surface area contributed by atoms with Gasteiger partial charge in [0.05, 0.1) is 12.8 Å². The van der Waals surface area contributed by atoms with Gasteiger partial charge in [0.25, 0.3) is 5.56 Å². The van der Waals surface area contributed by atoms with E-state index in [0.29, 0.717) is 0 Å². The normalized spacial score (nSPS) is 10.1. The van der Waals surface area contributed by atoms with Gasteiger partial charge in [-0.3, -0.25) is 4.79 Å². The van der Waals surface area contributed by atoms with Gasteiger partial charge in [0.15, 0.2) is 0 Å². The van der Waals surface area contributed by atoms with Crippen molar-refractivity contribution in [1.29, 1.82) is 0 Å². The average molecular weight is 216 g/mol. The molecule has 0 atom stereocenters. The number of nitrogens with one attached hydrogen (secondary N) is 1. The van der Waals surface area contributed by atoms with Gasteiger partial charge in [-0.05, 0) is 36.8 Å². The van der Waals surface area contributed by atoms with Crippen LogP contribution in [0, 0.1) is 6.92 Å². The van der Waals surface area contributed by atoms with Crippen molar-refractivity contribution < 1.29 is 4.74 Å². The van der Waals surface area contributed by atoms with Crippen LogP contribution in [0.3, 0.4) is 0 Å². The maximum absolute atomic E-state index is 10.9. The van der Waals surface area contributed by atoms with E-state index in [1.54, 1.807) is 13.2 Å². The van der Waals surface area contributed by atoms with E-state index in [4.69, 9.17) is 4.74 Å². The minimum atomic E-state index is -0.205. The van der Waals surface area contributed by atoms with Gasteiger partial charge in [0.2, 0.25) is 0 Å². The molecule has 0 fully saturated rings. The lowest BCUT2D eigenvalue weighted by Gasteiger charge is -2.05. The lowest BCUT2D eigenvalue weighted by molar-refractivity contribution is 0.414. The summed E-state index contributed by atoms with van der Waals surface area (Å²) >= 11 is 0. The summed E-state index contributed by atoms with van der Waals surface area (Å²) in [7, 11) is 1.62. The molecule has 0 amide bonds. The maximum Gasteiger partial charge on any atom is 0.264 e. The summed E-state index contributed by atoms with van der Waals surface area (Å²) in [5, 5.41) is 6.38. The summed E-state index contributed by atoms with van der Waals surface area (Å²) in [6.45, 7) is 1.98. The molecule has 2 rings (SSSR count). The van der Waals surface area contributed by atoms with Gasteiger partial charge in [-0.1, -0.05) is 0 Å². The van der Waals surface area contributed by atoms with Gasteiger partial charge in [0.1, 0.15) is 5.75 Å². The highest BCUT2D eigenvalue weighted by molar-refractivity contribution is 5.61. The number of ether oxygens (including phenoxy) is 1. The molecular weight excluding hydrogens is 204 g/mol. The number of hydrogen-bond donors (Lipinski definition) is 1. The van der Waals surface area contributed by atoms with E-state index in [1.807, 2.05) is 25.1 Å². The molecule has 4 nitrogen and oxygen atoms in total. The van der Waals surface area contributed by atoms with E-state index < -0.39 is 0 Å². The highest BCUT2D eigenvalue weighted by Crippen LogP contribution is 2.23. The van der Waals surface area contributed by atoms with Gasteiger partial charge >= 0.3 is 0 Å². The molecule has 0 radical (unpaired) electrons. The fourth-order valence-electron chi connectivity index (χ4n) is 1.52. The molecule has 0 aliphatic rings. The lowest BCUT2D eigenvalue weighted by atomic mass is 10.1. The first-order chi connectivity index (χ1) is 7.69. The molecule has 16 heavy (non-hydrogen) atoms. The molecule has 82 valence electrons. The third-order valence-corrected chi connectivity index (χ3v) is 2.26. The second-order valence-electron chi connectivity index (χ2n) is 3.55. The third-order valence-electron chi connectivity index (χ3n) is 2.26. The molecule has 0 spiro atoms. The van der Waals surface area contributed by atoms with Crippen LogP contribution in [0.1, 0.15) is 5.56 Å². The number of nitrogens with zero attached hydrogens (tertiary/aromatic N) is 1. The quantitative estimate of drug-likeness (QED) is 0.832. The Morgan fingerprint density at radius 3 is 2.69 bits per heavy atom. The highest BCUT2D eigenvalue weighted by atomic mass is 16.5. The number of aryl methyl sites for hydroxylation is 1. The van der Waals surface area contributed by atoms with E-state index in [0.717, 1.165) is 22.6 Å². The molecule has 0 aliphatic heterocycles.